The van der Waals surface area contributed by atoms with Crippen molar-refractivity contribution >= 4 is 5.97 Å². The summed E-state index contributed by atoms with van der Waals surface area (Å²) in [5.41, 5.74) is 6.52. The average molecular weight is 154 g/mol. The molecule has 0 saturated carbocycles. The van der Waals surface area contributed by atoms with Crippen LogP contribution < -0.4 is 0 Å². The topological polar surface area (TPSA) is 73.5 Å². The van der Waals surface area contributed by atoms with Gasteiger partial charge in [0.1, 0.15) is 0 Å². The molecule has 0 spiro atoms. The van der Waals surface area contributed by atoms with Crippen LogP contribution >= 0.6 is 0 Å². The van der Waals surface area contributed by atoms with Gasteiger partial charge in [-0.3, -0.25) is 0 Å². The molecule has 4 heteroatoms. The van der Waals surface area contributed by atoms with Crippen LogP contribution in [0.4, 0.5) is 0 Å². The highest BCUT2D eigenvalue weighted by Crippen LogP contribution is 2.09. The van der Waals surface area contributed by atoms with Gasteiger partial charge >= 0.3 is 5.97 Å². The molecule has 0 saturated heterocycles. The number of rotatable bonds is 4. The first kappa shape index (κ1) is 9.55. The van der Waals surface area contributed by atoms with Crippen LogP contribution in [0.15, 0.2) is 29.0 Å². The highest BCUT2D eigenvalue weighted by molar-refractivity contribution is 5.91. The smallest absolute Gasteiger partial charge is 0.337 e. The molecule has 0 aliphatic carbocycles. The summed E-state index contributed by atoms with van der Waals surface area (Å²) in [6, 6.07) is 0. The minimum Gasteiger partial charge on any atom is -0.478 e. The van der Waals surface area contributed by atoms with Gasteiger partial charge in [-0.1, -0.05) is 19.6 Å². The molecule has 0 aliphatic rings. The van der Waals surface area contributed by atoms with Gasteiger partial charge in [0.2, 0.25) is 0 Å². The van der Waals surface area contributed by atoms with Gasteiger partial charge in [0.25, 0.3) is 0 Å². The van der Waals surface area contributed by atoms with Gasteiger partial charge in [-0.05, 0) is 6.42 Å². The number of aliphatic carboxylic acids is 1. The zero-order chi connectivity index (χ0) is 8.85. The van der Waals surface area contributed by atoms with E-state index < -0.39 is 5.97 Å². The molecule has 0 aliphatic heterocycles. The van der Waals surface area contributed by atoms with E-state index in [1.165, 1.54) is 6.08 Å². The minimum atomic E-state index is -1.09. The van der Waals surface area contributed by atoms with Crippen molar-refractivity contribution in [2.45, 2.75) is 13.3 Å². The van der Waals surface area contributed by atoms with E-state index in [0.717, 1.165) is 0 Å². The maximum Gasteiger partial charge on any atom is 0.337 e. The fourth-order valence-corrected chi connectivity index (χ4v) is 0.593. The third-order valence-corrected chi connectivity index (χ3v) is 1.08. The Hall–Kier alpha value is -1.45. The Morgan fingerprint density at radius 2 is 2.36 bits per heavy atom. The predicted octanol–water partition coefficient (Wildman–Crippen LogP) is 1.95. The van der Waals surface area contributed by atoms with E-state index in [9.17, 15) is 4.79 Å². The monoisotopic (exact) mass is 154 g/mol. The lowest BCUT2D eigenvalue weighted by Gasteiger charge is -1.96. The summed E-state index contributed by atoms with van der Waals surface area (Å²) in [5.74, 6) is -1.09. The first-order valence-corrected chi connectivity index (χ1v) is 3.13. The SMILES string of the molecule is C=C(N=N)/C(=C\CC)C(=O)O. The molecule has 11 heavy (non-hydrogen) atoms. The number of carboxylic acid groups (broad SMARTS) is 1. The van der Waals surface area contributed by atoms with Crippen molar-refractivity contribution in [3.8, 4) is 0 Å². The number of hydrogen-bond donors (Lipinski definition) is 2. The molecule has 0 aromatic heterocycles. The Labute approximate surface area is 64.7 Å². The van der Waals surface area contributed by atoms with Crippen molar-refractivity contribution < 1.29 is 9.90 Å². The quantitative estimate of drug-likeness (QED) is 0.369. The lowest BCUT2D eigenvalue weighted by Crippen LogP contribution is -2.01. The Morgan fingerprint density at radius 3 is 2.64 bits per heavy atom. The van der Waals surface area contributed by atoms with E-state index in [1.807, 2.05) is 0 Å². The normalized spacial score (nSPS) is 10.8. The van der Waals surface area contributed by atoms with Crippen LogP contribution in [0.2, 0.25) is 0 Å². The first-order chi connectivity index (χ1) is 5.13. The third-order valence-electron chi connectivity index (χ3n) is 1.08. The second kappa shape index (κ2) is 4.38. The molecule has 0 amide bonds. The van der Waals surface area contributed by atoms with Crippen molar-refractivity contribution in [3.05, 3.63) is 23.9 Å². The van der Waals surface area contributed by atoms with E-state index in [1.54, 1.807) is 6.92 Å². The molecule has 0 atom stereocenters. The van der Waals surface area contributed by atoms with Crippen LogP contribution in [-0.2, 0) is 4.79 Å². The molecular weight excluding hydrogens is 144 g/mol. The van der Waals surface area contributed by atoms with Crippen molar-refractivity contribution in [2.75, 3.05) is 0 Å². The second-order valence-corrected chi connectivity index (χ2v) is 1.89. The lowest BCUT2D eigenvalue weighted by atomic mass is 10.2. The van der Waals surface area contributed by atoms with Crippen molar-refractivity contribution in [1.82, 2.24) is 0 Å². The summed E-state index contributed by atoms with van der Waals surface area (Å²) in [6.45, 7) is 5.12. The number of nitrogens with zero attached hydrogens (tertiary/aromatic N) is 1. The van der Waals surface area contributed by atoms with Gasteiger partial charge in [-0.2, -0.15) is 5.11 Å². The molecule has 0 heterocycles. The van der Waals surface area contributed by atoms with Gasteiger partial charge in [0.05, 0.1) is 11.3 Å². The van der Waals surface area contributed by atoms with E-state index in [4.69, 9.17) is 10.6 Å². The molecule has 4 nitrogen and oxygen atoms in total. The Bertz CT molecular complexity index is 218. The predicted molar refractivity (Wildman–Crippen MR) is 40.3 cm³/mol. The molecule has 0 aromatic carbocycles. The molecule has 60 valence electrons. The number of carbonyl (C=O) groups is 1. The van der Waals surface area contributed by atoms with Crippen LogP contribution in [0.25, 0.3) is 0 Å². The number of nitrogens with one attached hydrogen (secondary N) is 1. The van der Waals surface area contributed by atoms with E-state index >= 15 is 0 Å². The van der Waals surface area contributed by atoms with Crippen LogP contribution in [0.5, 0.6) is 0 Å². The summed E-state index contributed by atoms with van der Waals surface area (Å²) in [7, 11) is 0. The number of hydrogen-bond acceptors (Lipinski definition) is 3. The zero-order valence-electron chi connectivity index (χ0n) is 6.29. The first-order valence-electron chi connectivity index (χ1n) is 3.13. The van der Waals surface area contributed by atoms with Gasteiger partial charge in [-0.25, -0.2) is 10.3 Å². The molecule has 0 rings (SSSR count). The van der Waals surface area contributed by atoms with E-state index in [2.05, 4.69) is 11.7 Å². The minimum absolute atomic E-state index is 0.00231. The fourth-order valence-electron chi connectivity index (χ4n) is 0.593. The van der Waals surface area contributed by atoms with E-state index in [-0.39, 0.29) is 11.3 Å². The van der Waals surface area contributed by atoms with Crippen molar-refractivity contribution in [1.29, 1.82) is 5.53 Å². The van der Waals surface area contributed by atoms with Gasteiger partial charge in [0.15, 0.2) is 0 Å². The maximum atomic E-state index is 10.4. The maximum absolute atomic E-state index is 10.4. The molecule has 0 radical (unpaired) electrons. The summed E-state index contributed by atoms with van der Waals surface area (Å²) in [5, 5.41) is 11.5. The lowest BCUT2D eigenvalue weighted by molar-refractivity contribution is -0.132. The Morgan fingerprint density at radius 1 is 1.82 bits per heavy atom. The molecule has 0 unspecified atom stereocenters. The van der Waals surface area contributed by atoms with Crippen LogP contribution in [0.1, 0.15) is 13.3 Å². The van der Waals surface area contributed by atoms with Crippen LogP contribution in [-0.4, -0.2) is 11.1 Å². The van der Waals surface area contributed by atoms with Crippen molar-refractivity contribution in [2.24, 2.45) is 5.11 Å². The Balaban J connectivity index is 4.61. The number of allylic oxidation sites excluding steroid dienone is 1. The summed E-state index contributed by atoms with van der Waals surface area (Å²) < 4.78 is 0. The fraction of sp³-hybridized carbons (Fsp3) is 0.286. The number of carboxylic acids is 1. The second-order valence-electron chi connectivity index (χ2n) is 1.89. The molecule has 2 N–H and O–H groups in total. The molecule has 0 aromatic rings. The van der Waals surface area contributed by atoms with E-state index in [0.29, 0.717) is 6.42 Å². The van der Waals surface area contributed by atoms with Crippen molar-refractivity contribution in [3.63, 3.8) is 0 Å². The summed E-state index contributed by atoms with van der Waals surface area (Å²) >= 11 is 0. The average Bonchev–Trinajstić information content (AvgIpc) is 1.98. The largest absolute Gasteiger partial charge is 0.478 e. The molecule has 0 bridgehead atoms. The van der Waals surface area contributed by atoms with Gasteiger partial charge in [0, 0.05) is 0 Å². The van der Waals surface area contributed by atoms with Crippen LogP contribution in [0.3, 0.4) is 0 Å². The molecule has 0 fully saturated rings. The highest BCUT2D eigenvalue weighted by atomic mass is 16.4. The molecular formula is C7H10N2O2. The Kier molecular flexibility index (Phi) is 3.80. The van der Waals surface area contributed by atoms with Crippen LogP contribution in [0, 0.1) is 5.53 Å². The summed E-state index contributed by atoms with van der Waals surface area (Å²) in [6.07, 6.45) is 2.07. The third kappa shape index (κ3) is 2.75. The summed E-state index contributed by atoms with van der Waals surface area (Å²) in [4.78, 5) is 10.4. The zero-order valence-corrected chi connectivity index (χ0v) is 6.29. The standard InChI is InChI=1S/C7H10N2O2/c1-3-4-6(7(10)11)5(2)9-8/h4,8H,2-3H2,1H3,(H,10,11)/b6-4+,9-8?. The van der Waals surface area contributed by atoms with Gasteiger partial charge < -0.3 is 5.11 Å². The van der Waals surface area contributed by atoms with Gasteiger partial charge in [-0.15, -0.1) is 0 Å². The highest BCUT2D eigenvalue weighted by Gasteiger charge is 2.08.